The van der Waals surface area contributed by atoms with Crippen LogP contribution in [-0.2, 0) is 16.0 Å². The summed E-state index contributed by atoms with van der Waals surface area (Å²) >= 11 is 0. The quantitative estimate of drug-likeness (QED) is 0.846. The number of carbonyl (C=O) groups is 2. The largest absolute Gasteiger partial charge is 0.481 e. The number of rotatable bonds is 6. The van der Waals surface area contributed by atoms with Crippen LogP contribution in [0.15, 0.2) is 24.3 Å². The van der Waals surface area contributed by atoms with Gasteiger partial charge in [0.1, 0.15) is 0 Å². The second kappa shape index (κ2) is 6.93. The number of hydrogen-bond acceptors (Lipinski definition) is 2. The third-order valence-electron chi connectivity index (χ3n) is 2.50. The molecule has 7 heteroatoms. The van der Waals surface area contributed by atoms with E-state index in [0.717, 1.165) is 5.56 Å². The lowest BCUT2D eigenvalue weighted by Crippen LogP contribution is -2.16. The Morgan fingerprint density at radius 2 is 1.70 bits per heavy atom. The molecule has 0 saturated carbocycles. The number of benzene rings is 1. The predicted octanol–water partition coefficient (Wildman–Crippen LogP) is 2.98. The maximum Gasteiger partial charge on any atom is 0.389 e. The zero-order valence-corrected chi connectivity index (χ0v) is 10.5. The van der Waals surface area contributed by atoms with Crippen molar-refractivity contribution in [2.45, 2.75) is 31.9 Å². The summed E-state index contributed by atoms with van der Waals surface area (Å²) in [5, 5.41) is 10.9. The molecule has 0 radical (unpaired) electrons. The van der Waals surface area contributed by atoms with Crippen molar-refractivity contribution in [2.75, 3.05) is 5.32 Å². The molecule has 110 valence electrons. The molecule has 2 N–H and O–H groups in total. The van der Waals surface area contributed by atoms with Gasteiger partial charge in [0.15, 0.2) is 0 Å². The summed E-state index contributed by atoms with van der Waals surface area (Å²) in [6, 6.07) is 6.32. The number of anilines is 1. The first-order chi connectivity index (χ1) is 9.26. The summed E-state index contributed by atoms with van der Waals surface area (Å²) in [5.74, 6) is -1.62. The van der Waals surface area contributed by atoms with Gasteiger partial charge in [-0.15, -0.1) is 0 Å². The highest BCUT2D eigenvalue weighted by atomic mass is 19.4. The number of alkyl halides is 3. The second-order valence-electron chi connectivity index (χ2n) is 4.25. The van der Waals surface area contributed by atoms with Crippen molar-refractivity contribution in [3.63, 3.8) is 0 Å². The van der Waals surface area contributed by atoms with Crippen molar-refractivity contribution in [3.05, 3.63) is 29.8 Å². The lowest BCUT2D eigenvalue weighted by Gasteiger charge is -2.08. The summed E-state index contributed by atoms with van der Waals surface area (Å²) < 4.78 is 35.8. The van der Waals surface area contributed by atoms with Crippen molar-refractivity contribution in [3.8, 4) is 0 Å². The van der Waals surface area contributed by atoms with Gasteiger partial charge in [0.2, 0.25) is 5.91 Å². The maximum absolute atomic E-state index is 11.9. The number of amides is 1. The number of aryl methyl sites for hydroxylation is 1. The van der Waals surface area contributed by atoms with Gasteiger partial charge in [-0.2, -0.15) is 13.2 Å². The molecule has 0 heterocycles. The van der Waals surface area contributed by atoms with Crippen molar-refractivity contribution in [1.82, 2.24) is 0 Å². The molecular weight excluding hydrogens is 275 g/mol. The molecule has 0 aliphatic heterocycles. The van der Waals surface area contributed by atoms with Crippen LogP contribution in [0.2, 0.25) is 0 Å². The molecule has 0 bridgehead atoms. The van der Waals surface area contributed by atoms with E-state index in [4.69, 9.17) is 5.11 Å². The molecule has 0 aliphatic rings. The molecule has 1 amide bonds. The topological polar surface area (TPSA) is 66.4 Å². The number of carboxylic acid groups (broad SMARTS) is 1. The Labute approximate surface area is 113 Å². The van der Waals surface area contributed by atoms with Gasteiger partial charge < -0.3 is 10.4 Å². The van der Waals surface area contributed by atoms with E-state index in [-0.39, 0.29) is 6.42 Å². The summed E-state index contributed by atoms with van der Waals surface area (Å²) in [5.41, 5.74) is 1.16. The van der Waals surface area contributed by atoms with Crippen LogP contribution in [0.5, 0.6) is 0 Å². The Bertz CT molecular complexity index is 469. The SMILES string of the molecule is O=C(O)CCc1ccc(NC(=O)CCC(F)(F)F)cc1. The Hall–Kier alpha value is -2.05. The molecule has 0 atom stereocenters. The van der Waals surface area contributed by atoms with E-state index in [1.165, 1.54) is 12.1 Å². The van der Waals surface area contributed by atoms with Gasteiger partial charge >= 0.3 is 12.1 Å². The lowest BCUT2D eigenvalue weighted by molar-refractivity contribution is -0.142. The Kier molecular flexibility index (Phi) is 5.54. The molecule has 0 aromatic heterocycles. The highest BCUT2D eigenvalue weighted by Crippen LogP contribution is 2.21. The Morgan fingerprint density at radius 3 is 2.20 bits per heavy atom. The molecular formula is C13H14F3NO3. The van der Waals surface area contributed by atoms with E-state index in [2.05, 4.69) is 5.32 Å². The monoisotopic (exact) mass is 289 g/mol. The minimum Gasteiger partial charge on any atom is -0.481 e. The zero-order valence-electron chi connectivity index (χ0n) is 10.5. The fourth-order valence-electron chi connectivity index (χ4n) is 1.48. The molecule has 1 rings (SSSR count). The van der Waals surface area contributed by atoms with Gasteiger partial charge in [-0.1, -0.05) is 12.1 Å². The molecule has 1 aromatic carbocycles. The van der Waals surface area contributed by atoms with E-state index >= 15 is 0 Å². The third kappa shape index (κ3) is 6.77. The van der Waals surface area contributed by atoms with Crippen LogP contribution in [0.1, 0.15) is 24.8 Å². The highest BCUT2D eigenvalue weighted by Gasteiger charge is 2.27. The van der Waals surface area contributed by atoms with Gasteiger partial charge in [-0.25, -0.2) is 0 Å². The molecule has 4 nitrogen and oxygen atoms in total. The zero-order chi connectivity index (χ0) is 15.2. The van der Waals surface area contributed by atoms with Gasteiger partial charge in [-0.05, 0) is 24.1 Å². The molecule has 0 unspecified atom stereocenters. The molecule has 0 spiro atoms. The Balaban J connectivity index is 2.44. The average Bonchev–Trinajstić information content (AvgIpc) is 2.35. The van der Waals surface area contributed by atoms with E-state index in [1.807, 2.05) is 0 Å². The van der Waals surface area contributed by atoms with E-state index in [1.54, 1.807) is 12.1 Å². The molecule has 0 aliphatic carbocycles. The summed E-state index contributed by atoms with van der Waals surface area (Å²) in [4.78, 5) is 21.7. The van der Waals surface area contributed by atoms with Crippen LogP contribution in [0.3, 0.4) is 0 Å². The number of nitrogens with one attached hydrogen (secondary N) is 1. The van der Waals surface area contributed by atoms with Gasteiger partial charge in [0.25, 0.3) is 0 Å². The number of hydrogen-bond donors (Lipinski definition) is 2. The number of halogens is 3. The smallest absolute Gasteiger partial charge is 0.389 e. The standard InChI is InChI=1S/C13H14F3NO3/c14-13(15,16)8-7-11(18)17-10-4-1-9(2-5-10)3-6-12(19)20/h1-2,4-5H,3,6-8H2,(H,17,18)(H,19,20). The minimum atomic E-state index is -4.35. The van der Waals surface area contributed by atoms with Gasteiger partial charge in [-0.3, -0.25) is 9.59 Å². The van der Waals surface area contributed by atoms with Crippen molar-refractivity contribution in [1.29, 1.82) is 0 Å². The van der Waals surface area contributed by atoms with E-state index in [0.29, 0.717) is 12.1 Å². The summed E-state index contributed by atoms with van der Waals surface area (Å²) in [7, 11) is 0. The molecule has 20 heavy (non-hydrogen) atoms. The normalized spacial score (nSPS) is 11.2. The van der Waals surface area contributed by atoms with Crippen LogP contribution in [0, 0.1) is 0 Å². The maximum atomic E-state index is 11.9. The highest BCUT2D eigenvalue weighted by molar-refractivity contribution is 5.90. The average molecular weight is 289 g/mol. The van der Waals surface area contributed by atoms with E-state index in [9.17, 15) is 22.8 Å². The molecule has 1 aromatic rings. The summed E-state index contributed by atoms with van der Waals surface area (Å²) in [6.07, 6.45) is -5.77. The molecule has 0 saturated heterocycles. The molecule has 0 fully saturated rings. The second-order valence-corrected chi connectivity index (χ2v) is 4.25. The summed E-state index contributed by atoms with van der Waals surface area (Å²) in [6.45, 7) is 0. The van der Waals surface area contributed by atoms with Crippen LogP contribution in [-0.4, -0.2) is 23.2 Å². The lowest BCUT2D eigenvalue weighted by atomic mass is 10.1. The van der Waals surface area contributed by atoms with Crippen LogP contribution in [0.25, 0.3) is 0 Å². The van der Waals surface area contributed by atoms with Crippen LogP contribution < -0.4 is 5.32 Å². The number of aliphatic carboxylic acids is 1. The fraction of sp³-hybridized carbons (Fsp3) is 0.385. The van der Waals surface area contributed by atoms with Crippen molar-refractivity contribution >= 4 is 17.6 Å². The Morgan fingerprint density at radius 1 is 1.10 bits per heavy atom. The van der Waals surface area contributed by atoms with Crippen LogP contribution >= 0.6 is 0 Å². The first kappa shape index (κ1) is 16.0. The van der Waals surface area contributed by atoms with E-state index < -0.39 is 30.9 Å². The first-order valence-corrected chi connectivity index (χ1v) is 5.93. The predicted molar refractivity (Wildman–Crippen MR) is 66.3 cm³/mol. The van der Waals surface area contributed by atoms with Gasteiger partial charge in [0.05, 0.1) is 6.42 Å². The first-order valence-electron chi connectivity index (χ1n) is 5.93. The number of carboxylic acids is 1. The van der Waals surface area contributed by atoms with Crippen molar-refractivity contribution < 1.29 is 27.9 Å². The van der Waals surface area contributed by atoms with Gasteiger partial charge in [0, 0.05) is 18.5 Å². The minimum absolute atomic E-state index is 0.00269. The number of carbonyl (C=O) groups excluding carboxylic acids is 1. The van der Waals surface area contributed by atoms with Crippen LogP contribution in [0.4, 0.5) is 18.9 Å². The third-order valence-corrected chi connectivity index (χ3v) is 2.50. The fourth-order valence-corrected chi connectivity index (χ4v) is 1.48. The van der Waals surface area contributed by atoms with Crippen molar-refractivity contribution in [2.24, 2.45) is 0 Å².